The van der Waals surface area contributed by atoms with E-state index in [0.717, 1.165) is 81.5 Å². The highest BCUT2D eigenvalue weighted by Gasteiger charge is 2.46. The van der Waals surface area contributed by atoms with Crippen LogP contribution >= 0.6 is 0 Å². The highest BCUT2D eigenvalue weighted by atomic mass is 16.5. The van der Waals surface area contributed by atoms with E-state index in [1.165, 1.54) is 0 Å². The van der Waals surface area contributed by atoms with Crippen LogP contribution in [0.4, 0.5) is 0 Å². The van der Waals surface area contributed by atoms with Gasteiger partial charge in [-0.15, -0.1) is 0 Å². The van der Waals surface area contributed by atoms with Crippen LogP contribution in [0.1, 0.15) is 80.9 Å². The fourth-order valence-electron chi connectivity index (χ4n) is 5.29. The van der Waals surface area contributed by atoms with Gasteiger partial charge in [0.15, 0.2) is 0 Å². The zero-order valence-corrected chi connectivity index (χ0v) is 18.5. The molecule has 1 saturated carbocycles. The second-order valence-corrected chi connectivity index (χ2v) is 9.38. The van der Waals surface area contributed by atoms with Crippen molar-refractivity contribution in [1.29, 1.82) is 0 Å². The molecular formula is C25H40O5. The lowest BCUT2D eigenvalue weighted by atomic mass is 9.70. The fraction of sp³-hybridized carbons (Fsp3) is 0.760. The molecule has 5 heteroatoms. The summed E-state index contributed by atoms with van der Waals surface area (Å²) in [7, 11) is 0. The maximum atomic E-state index is 10.8. The van der Waals surface area contributed by atoms with Gasteiger partial charge < -0.3 is 24.8 Å². The maximum absolute atomic E-state index is 10.8. The smallest absolute Gasteiger partial charge is 0.0684 e. The van der Waals surface area contributed by atoms with Crippen LogP contribution in [-0.4, -0.2) is 54.0 Å². The SMILES string of the molecule is C[C@]12CCCOCCCCOCCC[C@H](O)Cc3ccc(c(CO)c3)[C@@H]1CC[C@@H]2O. The quantitative estimate of drug-likeness (QED) is 0.645. The number of aliphatic hydroxyl groups excluding tert-OH is 3. The molecule has 170 valence electrons. The molecule has 0 aromatic heterocycles. The molecule has 4 atom stereocenters. The molecule has 0 spiro atoms. The normalized spacial score (nSPS) is 32.6. The summed E-state index contributed by atoms with van der Waals surface area (Å²) < 4.78 is 11.5. The fourth-order valence-corrected chi connectivity index (χ4v) is 5.29. The van der Waals surface area contributed by atoms with E-state index in [1.807, 2.05) is 6.07 Å². The molecule has 1 aliphatic carbocycles. The van der Waals surface area contributed by atoms with E-state index in [1.54, 1.807) is 0 Å². The molecule has 0 saturated heterocycles. The summed E-state index contributed by atoms with van der Waals surface area (Å²) in [5, 5.41) is 31.3. The Labute approximate surface area is 181 Å². The molecule has 3 N–H and O–H groups in total. The average molecular weight is 421 g/mol. The van der Waals surface area contributed by atoms with E-state index >= 15 is 0 Å². The van der Waals surface area contributed by atoms with E-state index < -0.39 is 6.10 Å². The lowest BCUT2D eigenvalue weighted by molar-refractivity contribution is 0.0366. The van der Waals surface area contributed by atoms with Crippen molar-refractivity contribution >= 4 is 0 Å². The van der Waals surface area contributed by atoms with Gasteiger partial charge in [-0.25, -0.2) is 0 Å². The van der Waals surface area contributed by atoms with Crippen LogP contribution < -0.4 is 0 Å². The van der Waals surface area contributed by atoms with Crippen molar-refractivity contribution in [2.24, 2.45) is 5.41 Å². The summed E-state index contributed by atoms with van der Waals surface area (Å²) in [6, 6.07) is 6.24. The van der Waals surface area contributed by atoms with Gasteiger partial charge in [-0.3, -0.25) is 0 Å². The minimum absolute atomic E-state index is 0.0150. The number of rotatable bonds is 1. The Kier molecular flexibility index (Phi) is 9.14. The van der Waals surface area contributed by atoms with Crippen LogP contribution in [0.25, 0.3) is 0 Å². The molecule has 2 aliphatic heterocycles. The molecule has 4 rings (SSSR count). The molecule has 30 heavy (non-hydrogen) atoms. The summed E-state index contributed by atoms with van der Waals surface area (Å²) in [6.07, 6.45) is 7.00. The highest BCUT2D eigenvalue weighted by molar-refractivity contribution is 5.37. The van der Waals surface area contributed by atoms with Gasteiger partial charge in [-0.05, 0) is 80.4 Å². The Morgan fingerprint density at radius 3 is 2.37 bits per heavy atom. The van der Waals surface area contributed by atoms with Crippen LogP contribution in [0.15, 0.2) is 18.2 Å². The molecule has 2 bridgehead atoms. The van der Waals surface area contributed by atoms with Crippen molar-refractivity contribution in [2.75, 3.05) is 26.4 Å². The zero-order chi connectivity index (χ0) is 21.4. The summed E-state index contributed by atoms with van der Waals surface area (Å²) in [5.41, 5.74) is 2.93. The van der Waals surface area contributed by atoms with E-state index in [9.17, 15) is 15.3 Å². The minimum Gasteiger partial charge on any atom is -0.393 e. The summed E-state index contributed by atoms with van der Waals surface area (Å²) >= 11 is 0. The third kappa shape index (κ3) is 6.04. The Hall–Kier alpha value is -0.980. The van der Waals surface area contributed by atoms with Crippen molar-refractivity contribution in [3.63, 3.8) is 0 Å². The van der Waals surface area contributed by atoms with Crippen LogP contribution in [0, 0.1) is 5.41 Å². The number of hydrogen-bond donors (Lipinski definition) is 3. The molecule has 5 nitrogen and oxygen atoms in total. The van der Waals surface area contributed by atoms with E-state index in [2.05, 4.69) is 19.1 Å². The predicted octanol–water partition coefficient (Wildman–Crippen LogP) is 3.71. The number of hydrogen-bond acceptors (Lipinski definition) is 5. The van der Waals surface area contributed by atoms with E-state index in [-0.39, 0.29) is 24.0 Å². The number of aliphatic hydroxyl groups is 3. The van der Waals surface area contributed by atoms with Crippen molar-refractivity contribution in [3.05, 3.63) is 34.9 Å². The van der Waals surface area contributed by atoms with Gasteiger partial charge in [0, 0.05) is 31.8 Å². The largest absolute Gasteiger partial charge is 0.393 e. The zero-order valence-electron chi connectivity index (χ0n) is 18.5. The Bertz CT molecular complexity index is 648. The lowest BCUT2D eigenvalue weighted by Crippen LogP contribution is -2.32. The topological polar surface area (TPSA) is 79.2 Å². The van der Waals surface area contributed by atoms with E-state index in [0.29, 0.717) is 19.4 Å². The summed E-state index contributed by atoms with van der Waals surface area (Å²) in [5.74, 6) is 0.233. The van der Waals surface area contributed by atoms with Crippen LogP contribution in [0.3, 0.4) is 0 Å². The van der Waals surface area contributed by atoms with Gasteiger partial charge in [-0.2, -0.15) is 0 Å². The van der Waals surface area contributed by atoms with Gasteiger partial charge in [0.05, 0.1) is 18.8 Å². The third-order valence-electron chi connectivity index (χ3n) is 7.17. The number of ether oxygens (including phenoxy) is 2. The van der Waals surface area contributed by atoms with E-state index in [4.69, 9.17) is 9.47 Å². The molecule has 2 heterocycles. The van der Waals surface area contributed by atoms with Crippen LogP contribution in [0.2, 0.25) is 0 Å². The first-order chi connectivity index (χ1) is 14.5. The van der Waals surface area contributed by atoms with Gasteiger partial charge >= 0.3 is 0 Å². The van der Waals surface area contributed by atoms with Gasteiger partial charge in [0.1, 0.15) is 0 Å². The van der Waals surface area contributed by atoms with Gasteiger partial charge in [0.25, 0.3) is 0 Å². The first-order valence-corrected chi connectivity index (χ1v) is 11.8. The molecule has 1 aromatic carbocycles. The third-order valence-corrected chi connectivity index (χ3v) is 7.17. The number of benzene rings is 1. The maximum Gasteiger partial charge on any atom is 0.0684 e. The van der Waals surface area contributed by atoms with Crippen molar-refractivity contribution in [3.8, 4) is 0 Å². The van der Waals surface area contributed by atoms with Gasteiger partial charge in [0.2, 0.25) is 0 Å². The second-order valence-electron chi connectivity index (χ2n) is 9.38. The second kappa shape index (κ2) is 11.6. The van der Waals surface area contributed by atoms with Crippen molar-refractivity contribution < 1.29 is 24.8 Å². The predicted molar refractivity (Wildman–Crippen MR) is 118 cm³/mol. The van der Waals surface area contributed by atoms with Crippen molar-refractivity contribution in [2.45, 2.75) is 89.4 Å². The van der Waals surface area contributed by atoms with Crippen LogP contribution in [0.5, 0.6) is 0 Å². The minimum atomic E-state index is -0.399. The summed E-state index contributed by atoms with van der Waals surface area (Å²) in [4.78, 5) is 0. The molecular weight excluding hydrogens is 380 g/mol. The highest BCUT2D eigenvalue weighted by Crippen LogP contribution is 2.52. The average Bonchev–Trinajstić information content (AvgIpc) is 3.02. The molecule has 1 aromatic rings. The van der Waals surface area contributed by atoms with Crippen LogP contribution in [-0.2, 0) is 22.5 Å². The number of fused-ring (bicyclic) bond motifs is 15. The van der Waals surface area contributed by atoms with Crippen molar-refractivity contribution in [1.82, 2.24) is 0 Å². The Morgan fingerprint density at radius 1 is 0.933 bits per heavy atom. The molecule has 0 amide bonds. The molecule has 0 unspecified atom stereocenters. The standard InChI is InChI=1S/C25H40O5/c1-25-11-5-15-30-13-3-2-12-29-14-4-6-21(27)17-19-7-8-22(20(16-19)18-26)23(25)9-10-24(25)28/h7-8,16,21,23-24,26-28H,2-6,9-15,17-18H2,1H3/t21-,23-,24-,25-/m0/s1. The lowest BCUT2D eigenvalue weighted by Gasteiger charge is -2.36. The Morgan fingerprint density at radius 2 is 1.63 bits per heavy atom. The monoisotopic (exact) mass is 420 g/mol. The van der Waals surface area contributed by atoms with Gasteiger partial charge in [-0.1, -0.05) is 25.1 Å². The molecule has 3 aliphatic rings. The first-order valence-electron chi connectivity index (χ1n) is 11.8. The molecule has 1 fully saturated rings. The Balaban J connectivity index is 1.78. The molecule has 0 radical (unpaired) electrons. The first kappa shape index (κ1) is 23.7. The summed E-state index contributed by atoms with van der Waals surface area (Å²) in [6.45, 7) is 5.07.